The average molecular weight is 438 g/mol. The highest BCUT2D eigenvalue weighted by Gasteiger charge is 2.31. The first-order valence-electron chi connectivity index (χ1n) is 9.83. The van der Waals surface area contributed by atoms with Gasteiger partial charge in [-0.2, -0.15) is 0 Å². The van der Waals surface area contributed by atoms with Crippen LogP contribution >= 0.6 is 11.6 Å². The van der Waals surface area contributed by atoms with Crippen LogP contribution in [0, 0.1) is 0 Å². The van der Waals surface area contributed by atoms with Crippen molar-refractivity contribution in [1.29, 1.82) is 0 Å². The fourth-order valence-electron chi connectivity index (χ4n) is 4.08. The molecular weight excluding hydrogens is 418 g/mol. The highest BCUT2D eigenvalue weighted by molar-refractivity contribution is 6.38. The highest BCUT2D eigenvalue weighted by Crippen LogP contribution is 2.42. The molecule has 0 atom stereocenters. The number of nitrogens with one attached hydrogen (secondary N) is 1. The number of hydrogen-bond donors (Lipinski definition) is 2. The molecule has 2 aromatic carbocycles. The number of rotatable bonds is 4. The third kappa shape index (κ3) is 3.36. The lowest BCUT2D eigenvalue weighted by atomic mass is 9.90. The molecule has 2 N–H and O–H groups in total. The number of aliphatic hydroxyl groups is 1. The third-order valence-electron chi connectivity index (χ3n) is 5.78. The molecule has 5 rings (SSSR count). The molecule has 3 aromatic rings. The van der Waals surface area contributed by atoms with Crippen LogP contribution in [0.2, 0.25) is 5.02 Å². The summed E-state index contributed by atoms with van der Waals surface area (Å²) >= 11 is 6.53. The van der Waals surface area contributed by atoms with Crippen molar-refractivity contribution in [3.05, 3.63) is 64.4 Å². The fraction of sp³-hybridized carbons (Fsp3) is 0.217. The molecule has 1 aromatic heterocycles. The minimum atomic E-state index is -0.444. The van der Waals surface area contributed by atoms with Gasteiger partial charge in [0.1, 0.15) is 0 Å². The molecular formula is C23H20ClN3O4. The molecule has 31 heavy (non-hydrogen) atoms. The van der Waals surface area contributed by atoms with E-state index in [4.69, 9.17) is 20.9 Å². The van der Waals surface area contributed by atoms with Gasteiger partial charge in [0.05, 0.1) is 29.5 Å². The first-order chi connectivity index (χ1) is 14.9. The lowest BCUT2D eigenvalue weighted by molar-refractivity contribution is -0.110. The third-order valence-corrected chi connectivity index (χ3v) is 6.09. The largest absolute Gasteiger partial charge is 0.504 e. The Morgan fingerprint density at radius 1 is 1.23 bits per heavy atom. The van der Waals surface area contributed by atoms with E-state index in [9.17, 15) is 9.90 Å². The summed E-state index contributed by atoms with van der Waals surface area (Å²) in [5, 5.41) is 17.7. The highest BCUT2D eigenvalue weighted by atomic mass is 35.5. The van der Waals surface area contributed by atoms with Crippen molar-refractivity contribution in [3.63, 3.8) is 0 Å². The van der Waals surface area contributed by atoms with Gasteiger partial charge in [-0.3, -0.25) is 4.79 Å². The maximum Gasteiger partial charge on any atom is 0.260 e. The van der Waals surface area contributed by atoms with Crippen molar-refractivity contribution in [2.45, 2.75) is 5.92 Å². The van der Waals surface area contributed by atoms with Gasteiger partial charge in [-0.1, -0.05) is 35.9 Å². The first-order valence-corrected chi connectivity index (χ1v) is 10.2. The van der Waals surface area contributed by atoms with Crippen molar-refractivity contribution < 1.29 is 19.2 Å². The number of methoxy groups -OCH3 is 1. The van der Waals surface area contributed by atoms with E-state index in [0.717, 1.165) is 24.2 Å². The van der Waals surface area contributed by atoms with Crippen molar-refractivity contribution in [1.82, 2.24) is 10.1 Å². The minimum absolute atomic E-state index is 0.0427. The number of ether oxygens (including phenoxy) is 1. The lowest BCUT2D eigenvalue weighted by Crippen LogP contribution is -2.41. The van der Waals surface area contributed by atoms with E-state index in [-0.39, 0.29) is 23.0 Å². The number of fused-ring (bicyclic) bond motifs is 1. The molecule has 1 saturated heterocycles. The van der Waals surface area contributed by atoms with Crippen LogP contribution in [0.5, 0.6) is 5.88 Å². The number of likely N-dealkylation sites (N-methyl/N-ethyl adjacent to an activating group) is 1. The molecule has 0 saturated carbocycles. The first kappa shape index (κ1) is 19.7. The maximum atomic E-state index is 12.6. The van der Waals surface area contributed by atoms with Crippen LogP contribution in [0.25, 0.3) is 22.5 Å². The van der Waals surface area contributed by atoms with E-state index < -0.39 is 5.91 Å². The Morgan fingerprint density at radius 2 is 1.97 bits per heavy atom. The molecule has 1 amide bonds. The van der Waals surface area contributed by atoms with Gasteiger partial charge in [-0.15, -0.1) is 0 Å². The summed E-state index contributed by atoms with van der Waals surface area (Å²) < 4.78 is 10.1. The van der Waals surface area contributed by atoms with Gasteiger partial charge < -0.3 is 24.6 Å². The number of halogens is 1. The molecule has 1 fully saturated rings. The van der Waals surface area contributed by atoms with E-state index in [1.807, 2.05) is 12.1 Å². The maximum absolute atomic E-state index is 12.6. The Bertz CT molecular complexity index is 1210. The monoisotopic (exact) mass is 437 g/mol. The number of carbonyl (C=O) groups is 1. The lowest BCUT2D eigenvalue weighted by Gasteiger charge is -2.36. The van der Waals surface area contributed by atoms with Crippen molar-refractivity contribution >= 4 is 34.5 Å². The Balaban J connectivity index is 1.54. The molecule has 158 valence electrons. The molecule has 7 nitrogen and oxygen atoms in total. The van der Waals surface area contributed by atoms with Gasteiger partial charge in [-0.05, 0) is 35.5 Å². The standard InChI is InChI=1S/C23H20ClN3O4/c1-27-10-14(11-27)12-3-5-13(6-4-12)15-7-16-18(8-17(15)24)25-23(29)21(16)22(28)19-9-20(30-2)26-31-19/h3-9,14,28H,10-11H2,1-2H3,(H,25,29). The van der Waals surface area contributed by atoms with Crippen LogP contribution in [0.3, 0.4) is 0 Å². The van der Waals surface area contributed by atoms with Crippen LogP contribution < -0.4 is 10.1 Å². The van der Waals surface area contributed by atoms with Crippen LogP contribution in [0.1, 0.15) is 22.8 Å². The Hall–Kier alpha value is -3.29. The molecule has 0 spiro atoms. The van der Waals surface area contributed by atoms with Gasteiger partial charge in [-0.25, -0.2) is 0 Å². The van der Waals surface area contributed by atoms with E-state index in [1.165, 1.54) is 18.7 Å². The zero-order valence-electron chi connectivity index (χ0n) is 17.0. The molecule has 8 heteroatoms. The SMILES string of the molecule is COc1cc(C(O)=C2C(=O)Nc3cc(Cl)c(-c4ccc(C5CN(C)C5)cc4)cc32)on1. The van der Waals surface area contributed by atoms with E-state index in [1.54, 1.807) is 12.1 Å². The summed E-state index contributed by atoms with van der Waals surface area (Å²) in [5.41, 5.74) is 4.18. The summed E-state index contributed by atoms with van der Waals surface area (Å²) in [6, 6.07) is 13.2. The summed E-state index contributed by atoms with van der Waals surface area (Å²) in [6.45, 7) is 2.12. The van der Waals surface area contributed by atoms with Gasteiger partial charge in [0.15, 0.2) is 5.76 Å². The predicted octanol–water partition coefficient (Wildman–Crippen LogP) is 4.41. The number of carbonyl (C=O) groups excluding carboxylic acids is 1. The quantitative estimate of drug-likeness (QED) is 0.464. The summed E-state index contributed by atoms with van der Waals surface area (Å²) in [7, 11) is 3.55. The Morgan fingerprint density at radius 3 is 2.61 bits per heavy atom. The summed E-state index contributed by atoms with van der Waals surface area (Å²) in [6.07, 6.45) is 0. The number of likely N-dealkylation sites (tertiary alicyclic amines) is 1. The molecule has 0 radical (unpaired) electrons. The number of benzene rings is 2. The van der Waals surface area contributed by atoms with Gasteiger partial charge in [0, 0.05) is 30.1 Å². The molecule has 0 aliphatic carbocycles. The molecule has 0 unspecified atom stereocenters. The van der Waals surface area contributed by atoms with Gasteiger partial charge >= 0.3 is 0 Å². The number of aliphatic hydroxyl groups excluding tert-OH is 1. The van der Waals surface area contributed by atoms with Gasteiger partial charge in [0.25, 0.3) is 11.8 Å². The number of hydrogen-bond acceptors (Lipinski definition) is 6. The second-order valence-electron chi connectivity index (χ2n) is 7.83. The Kier molecular flexibility index (Phi) is 4.72. The number of anilines is 1. The number of amides is 1. The van der Waals surface area contributed by atoms with Crippen molar-refractivity contribution in [2.24, 2.45) is 0 Å². The second-order valence-corrected chi connectivity index (χ2v) is 8.24. The van der Waals surface area contributed by atoms with Crippen molar-refractivity contribution in [2.75, 3.05) is 32.6 Å². The van der Waals surface area contributed by atoms with E-state index in [2.05, 4.69) is 34.6 Å². The predicted molar refractivity (Wildman–Crippen MR) is 118 cm³/mol. The fourth-order valence-corrected chi connectivity index (χ4v) is 4.35. The molecule has 3 heterocycles. The van der Waals surface area contributed by atoms with E-state index >= 15 is 0 Å². The summed E-state index contributed by atoms with van der Waals surface area (Å²) in [5.74, 6) is 0.0449. The molecule has 0 bridgehead atoms. The van der Waals surface area contributed by atoms with Crippen molar-refractivity contribution in [3.8, 4) is 17.0 Å². The van der Waals surface area contributed by atoms with Crippen LogP contribution in [0.4, 0.5) is 5.69 Å². The van der Waals surface area contributed by atoms with Crippen LogP contribution in [-0.2, 0) is 4.79 Å². The average Bonchev–Trinajstić information content (AvgIpc) is 3.34. The zero-order valence-corrected chi connectivity index (χ0v) is 17.7. The van der Waals surface area contributed by atoms with E-state index in [0.29, 0.717) is 22.2 Å². The normalized spacial score (nSPS) is 17.8. The topological polar surface area (TPSA) is 87.8 Å². The van der Waals surface area contributed by atoms with Crippen LogP contribution in [-0.4, -0.2) is 48.3 Å². The number of aromatic nitrogens is 1. The number of nitrogens with zero attached hydrogens (tertiary/aromatic N) is 2. The minimum Gasteiger partial charge on any atom is -0.504 e. The van der Waals surface area contributed by atoms with Crippen LogP contribution in [0.15, 0.2) is 47.0 Å². The smallest absolute Gasteiger partial charge is 0.260 e. The summed E-state index contributed by atoms with van der Waals surface area (Å²) in [4.78, 5) is 14.9. The van der Waals surface area contributed by atoms with Gasteiger partial charge in [0.2, 0.25) is 5.76 Å². The zero-order chi connectivity index (χ0) is 21.7. The molecule has 2 aliphatic rings. The second kappa shape index (κ2) is 7.44. The molecule has 2 aliphatic heterocycles. The Labute approximate surface area is 183 Å².